The number of anilines is 3. The number of hydrogen-bond donors (Lipinski definition) is 2. The Labute approximate surface area is 180 Å². The Morgan fingerprint density at radius 2 is 1.38 bits per heavy atom. The SMILES string of the molecule is O=C1NC(=O)C(=Cc2ccc(N3c4ccccc4[Te]c4ccccc43)s2)C(=O)N1. The van der Waals surface area contributed by atoms with E-state index in [1.54, 1.807) is 0 Å². The van der Waals surface area contributed by atoms with Gasteiger partial charge in [-0.1, -0.05) is 0 Å². The van der Waals surface area contributed by atoms with E-state index in [-0.39, 0.29) is 5.57 Å². The normalized spacial score (nSPS) is 15.4. The van der Waals surface area contributed by atoms with Crippen molar-refractivity contribution in [2.24, 2.45) is 0 Å². The van der Waals surface area contributed by atoms with Crippen LogP contribution in [-0.4, -0.2) is 38.8 Å². The summed E-state index contributed by atoms with van der Waals surface area (Å²) in [5, 5.41) is 5.19. The third kappa shape index (κ3) is 3.25. The summed E-state index contributed by atoms with van der Waals surface area (Å²) in [6, 6.07) is 19.9. The van der Waals surface area contributed by atoms with E-state index < -0.39 is 38.8 Å². The monoisotopic (exact) mass is 517 g/mol. The van der Waals surface area contributed by atoms with Crippen LogP contribution in [0.4, 0.5) is 21.2 Å². The van der Waals surface area contributed by atoms with Gasteiger partial charge in [-0.15, -0.1) is 0 Å². The second-order valence-electron chi connectivity index (χ2n) is 6.34. The summed E-state index contributed by atoms with van der Waals surface area (Å²) in [6.07, 6.45) is 1.52. The van der Waals surface area contributed by atoms with Crippen molar-refractivity contribution in [3.63, 3.8) is 0 Å². The number of para-hydroxylation sites is 2. The molecule has 0 spiro atoms. The summed E-state index contributed by atoms with van der Waals surface area (Å²) in [5.41, 5.74) is 2.27. The maximum atomic E-state index is 12.0. The molecule has 0 aliphatic carbocycles. The number of urea groups is 1. The molecule has 2 aliphatic rings. The summed E-state index contributed by atoms with van der Waals surface area (Å²) < 4.78 is 2.74. The summed E-state index contributed by atoms with van der Waals surface area (Å²) in [4.78, 5) is 38.2. The molecule has 0 bridgehead atoms. The summed E-state index contributed by atoms with van der Waals surface area (Å²) in [7, 11) is 0. The first-order chi connectivity index (χ1) is 14.1. The van der Waals surface area contributed by atoms with Crippen molar-refractivity contribution >= 4 is 79.8 Å². The second-order valence-corrected chi connectivity index (χ2v) is 10.5. The fourth-order valence-corrected chi connectivity index (χ4v) is 7.23. The van der Waals surface area contributed by atoms with Crippen molar-refractivity contribution < 1.29 is 14.4 Å². The first-order valence-corrected chi connectivity index (χ1v) is 11.9. The Hall–Kier alpha value is -2.92. The van der Waals surface area contributed by atoms with Crippen molar-refractivity contribution in [1.82, 2.24) is 10.6 Å². The van der Waals surface area contributed by atoms with E-state index in [9.17, 15) is 14.4 Å². The second kappa shape index (κ2) is 7.16. The zero-order chi connectivity index (χ0) is 20.0. The number of barbiturate groups is 1. The minimum atomic E-state index is -0.797. The van der Waals surface area contributed by atoms with E-state index in [0.717, 1.165) is 9.88 Å². The van der Waals surface area contributed by atoms with Crippen LogP contribution in [0.25, 0.3) is 6.08 Å². The number of imide groups is 2. The summed E-state index contributed by atoms with van der Waals surface area (Å²) >= 11 is 1.02. The van der Waals surface area contributed by atoms with Crippen molar-refractivity contribution in [3.8, 4) is 0 Å². The fourth-order valence-electron chi connectivity index (χ4n) is 3.23. The number of carbonyl (C=O) groups excluding carboxylic acids is 3. The topological polar surface area (TPSA) is 78.5 Å². The van der Waals surface area contributed by atoms with Gasteiger partial charge >= 0.3 is 181 Å². The number of rotatable bonds is 2. The quantitative estimate of drug-likeness (QED) is 0.243. The first-order valence-electron chi connectivity index (χ1n) is 8.74. The average Bonchev–Trinajstić information content (AvgIpc) is 3.17. The molecule has 0 saturated carbocycles. The van der Waals surface area contributed by atoms with Gasteiger partial charge in [0.25, 0.3) is 0 Å². The average molecular weight is 515 g/mol. The van der Waals surface area contributed by atoms with Gasteiger partial charge in [-0.2, -0.15) is 0 Å². The molecule has 0 radical (unpaired) electrons. The molecule has 3 aromatic rings. The van der Waals surface area contributed by atoms with Gasteiger partial charge in [-0.25, -0.2) is 0 Å². The number of nitrogens with zero attached hydrogens (tertiary/aromatic N) is 1. The van der Waals surface area contributed by atoms with Crippen molar-refractivity contribution in [3.05, 3.63) is 71.1 Å². The molecule has 2 aliphatic heterocycles. The molecule has 142 valence electrons. The molecular formula is C21H13N3O3STe. The van der Waals surface area contributed by atoms with Crippen LogP contribution in [0.3, 0.4) is 0 Å². The van der Waals surface area contributed by atoms with Gasteiger partial charge in [-0.05, 0) is 0 Å². The number of carbonyl (C=O) groups is 3. The molecule has 8 heteroatoms. The van der Waals surface area contributed by atoms with Crippen LogP contribution in [0.1, 0.15) is 4.88 Å². The molecule has 2 N–H and O–H groups in total. The molecule has 29 heavy (non-hydrogen) atoms. The fraction of sp³-hybridized carbons (Fsp3) is 0. The van der Waals surface area contributed by atoms with Crippen LogP contribution < -0.4 is 22.8 Å². The van der Waals surface area contributed by atoms with Crippen LogP contribution in [0, 0.1) is 0 Å². The van der Waals surface area contributed by atoms with E-state index in [1.165, 1.54) is 36.0 Å². The molecule has 2 aromatic carbocycles. The predicted octanol–water partition coefficient (Wildman–Crippen LogP) is 1.94. The Balaban J connectivity index is 1.56. The van der Waals surface area contributed by atoms with Gasteiger partial charge in [0.15, 0.2) is 0 Å². The standard InChI is InChI=1S/C21H13N3O3STe/c25-19-13(20(26)23-21(27)22-19)11-12-9-10-18(28-12)24-14-5-1-3-7-16(14)29-17-8-4-2-6-15(17)24/h1-11H,(H2,22,23,25,26,27). The number of fused-ring (bicyclic) bond motifs is 2. The van der Waals surface area contributed by atoms with Gasteiger partial charge in [0, 0.05) is 0 Å². The Morgan fingerprint density at radius 1 is 0.793 bits per heavy atom. The Morgan fingerprint density at radius 3 is 2.00 bits per heavy atom. The predicted molar refractivity (Wildman–Crippen MR) is 114 cm³/mol. The first kappa shape index (κ1) is 18.1. The van der Waals surface area contributed by atoms with E-state index in [0.29, 0.717) is 0 Å². The molecular weight excluding hydrogens is 502 g/mol. The third-order valence-electron chi connectivity index (χ3n) is 4.50. The Kier molecular flexibility index (Phi) is 4.47. The zero-order valence-electron chi connectivity index (χ0n) is 14.8. The molecule has 5 rings (SSSR count). The van der Waals surface area contributed by atoms with Gasteiger partial charge in [0.05, 0.1) is 0 Å². The van der Waals surface area contributed by atoms with Crippen LogP contribution in [-0.2, 0) is 9.59 Å². The van der Waals surface area contributed by atoms with Crippen LogP contribution in [0.5, 0.6) is 0 Å². The summed E-state index contributed by atoms with van der Waals surface area (Å²) in [5.74, 6) is -1.37. The molecule has 1 saturated heterocycles. The number of hydrogen-bond acceptors (Lipinski definition) is 5. The van der Waals surface area contributed by atoms with E-state index in [2.05, 4.69) is 51.9 Å². The number of nitrogens with one attached hydrogen (secondary N) is 2. The summed E-state index contributed by atoms with van der Waals surface area (Å²) in [6.45, 7) is 0. The maximum absolute atomic E-state index is 12.0. The van der Waals surface area contributed by atoms with Gasteiger partial charge in [0.2, 0.25) is 0 Å². The van der Waals surface area contributed by atoms with Gasteiger partial charge in [0.1, 0.15) is 0 Å². The molecule has 1 aromatic heterocycles. The molecule has 1 fully saturated rings. The molecule has 4 amide bonds. The van der Waals surface area contributed by atoms with Crippen LogP contribution >= 0.6 is 11.3 Å². The van der Waals surface area contributed by atoms with Crippen LogP contribution in [0.15, 0.2) is 66.2 Å². The molecule has 0 atom stereocenters. The van der Waals surface area contributed by atoms with Gasteiger partial charge in [-0.3, -0.25) is 0 Å². The van der Waals surface area contributed by atoms with E-state index in [4.69, 9.17) is 0 Å². The third-order valence-corrected chi connectivity index (χ3v) is 8.74. The zero-order valence-corrected chi connectivity index (χ0v) is 18.0. The number of amides is 4. The van der Waals surface area contributed by atoms with Gasteiger partial charge < -0.3 is 0 Å². The number of benzene rings is 2. The minimum absolute atomic E-state index is 0.0793. The van der Waals surface area contributed by atoms with Crippen molar-refractivity contribution in [2.45, 2.75) is 0 Å². The van der Waals surface area contributed by atoms with Crippen molar-refractivity contribution in [1.29, 1.82) is 0 Å². The molecule has 0 unspecified atom stereocenters. The van der Waals surface area contributed by atoms with E-state index >= 15 is 0 Å². The number of thiophene rings is 1. The van der Waals surface area contributed by atoms with E-state index in [1.807, 2.05) is 24.3 Å². The molecule has 6 nitrogen and oxygen atoms in total. The van der Waals surface area contributed by atoms with Crippen molar-refractivity contribution in [2.75, 3.05) is 4.90 Å². The Bertz CT molecular complexity index is 1150. The van der Waals surface area contributed by atoms with Crippen LogP contribution in [0.2, 0.25) is 0 Å². The molecule has 3 heterocycles.